The number of halogens is 2. The minimum atomic E-state index is -0.118. The van der Waals surface area contributed by atoms with Crippen LogP contribution in [0.5, 0.6) is 0 Å². The van der Waals surface area contributed by atoms with Crippen LogP contribution in [0.3, 0.4) is 0 Å². The van der Waals surface area contributed by atoms with Gasteiger partial charge in [-0.25, -0.2) is 0 Å². The minimum Gasteiger partial charge on any atom is -0.320 e. The van der Waals surface area contributed by atoms with E-state index < -0.39 is 0 Å². The molecule has 0 saturated heterocycles. The van der Waals surface area contributed by atoms with Crippen LogP contribution in [-0.2, 0) is 0 Å². The van der Waals surface area contributed by atoms with Gasteiger partial charge in [-0.2, -0.15) is 5.10 Å². The van der Waals surface area contributed by atoms with Crippen LogP contribution < -0.4 is 5.73 Å². The van der Waals surface area contributed by atoms with Gasteiger partial charge in [0.2, 0.25) is 0 Å². The third kappa shape index (κ3) is 3.41. The number of nitrogens with two attached hydrogens (primary N) is 1. The van der Waals surface area contributed by atoms with E-state index in [0.717, 1.165) is 5.69 Å². The van der Waals surface area contributed by atoms with Crippen molar-refractivity contribution in [2.75, 3.05) is 0 Å². The molecule has 11 heavy (non-hydrogen) atoms. The summed E-state index contributed by atoms with van der Waals surface area (Å²) >= 11 is 0. The standard InChI is InChI=1S/C6H9N3.2ClH/c1-2-5(7)6-3-4-8-9-6;;/h2-5H,1,7H2,(H,8,9);2*1H. The summed E-state index contributed by atoms with van der Waals surface area (Å²) < 4.78 is 0. The molecule has 1 aromatic heterocycles. The molecule has 0 aliphatic carbocycles. The number of nitrogens with one attached hydrogen (secondary N) is 1. The summed E-state index contributed by atoms with van der Waals surface area (Å²) in [5.74, 6) is 0. The summed E-state index contributed by atoms with van der Waals surface area (Å²) in [5, 5.41) is 6.48. The van der Waals surface area contributed by atoms with E-state index in [1.165, 1.54) is 0 Å². The average molecular weight is 196 g/mol. The number of rotatable bonds is 2. The first kappa shape index (κ1) is 13.1. The summed E-state index contributed by atoms with van der Waals surface area (Å²) in [6.45, 7) is 3.54. The van der Waals surface area contributed by atoms with Crippen LogP contribution in [0.1, 0.15) is 11.7 Å². The fourth-order valence-corrected chi connectivity index (χ4v) is 0.579. The highest BCUT2D eigenvalue weighted by molar-refractivity contribution is 5.85. The Balaban J connectivity index is 0. The first-order valence-electron chi connectivity index (χ1n) is 2.72. The van der Waals surface area contributed by atoms with Crippen molar-refractivity contribution in [3.63, 3.8) is 0 Å². The third-order valence-corrected chi connectivity index (χ3v) is 1.14. The SMILES string of the molecule is C=CC(N)c1ccn[nH]1.Cl.Cl. The molecule has 64 valence electrons. The van der Waals surface area contributed by atoms with Crippen molar-refractivity contribution in [1.29, 1.82) is 0 Å². The van der Waals surface area contributed by atoms with Gasteiger partial charge < -0.3 is 5.73 Å². The predicted molar refractivity (Wildman–Crippen MR) is 50.2 cm³/mol. The molecule has 0 aliphatic rings. The lowest BCUT2D eigenvalue weighted by Crippen LogP contribution is -2.06. The van der Waals surface area contributed by atoms with Gasteiger partial charge in [0.1, 0.15) is 0 Å². The number of aromatic nitrogens is 2. The first-order chi connectivity index (χ1) is 4.34. The van der Waals surface area contributed by atoms with Crippen molar-refractivity contribution in [3.05, 3.63) is 30.6 Å². The zero-order valence-corrected chi connectivity index (χ0v) is 7.49. The van der Waals surface area contributed by atoms with E-state index >= 15 is 0 Å². The Morgan fingerprint density at radius 3 is 2.64 bits per heavy atom. The Morgan fingerprint density at radius 1 is 1.64 bits per heavy atom. The average Bonchev–Trinajstić information content (AvgIpc) is 2.37. The normalized spacial score (nSPS) is 10.6. The highest BCUT2D eigenvalue weighted by atomic mass is 35.5. The minimum absolute atomic E-state index is 0. The van der Waals surface area contributed by atoms with Gasteiger partial charge in [-0.15, -0.1) is 31.4 Å². The van der Waals surface area contributed by atoms with E-state index in [0.29, 0.717) is 0 Å². The summed E-state index contributed by atoms with van der Waals surface area (Å²) in [5.41, 5.74) is 6.44. The summed E-state index contributed by atoms with van der Waals surface area (Å²) in [6.07, 6.45) is 3.33. The van der Waals surface area contributed by atoms with Crippen LogP contribution >= 0.6 is 24.8 Å². The molecular weight excluding hydrogens is 185 g/mol. The van der Waals surface area contributed by atoms with E-state index in [-0.39, 0.29) is 30.9 Å². The quantitative estimate of drug-likeness (QED) is 0.703. The van der Waals surface area contributed by atoms with Gasteiger partial charge in [0.15, 0.2) is 0 Å². The molecule has 3 N–H and O–H groups in total. The molecule has 0 bridgehead atoms. The van der Waals surface area contributed by atoms with Crippen LogP contribution in [-0.4, -0.2) is 10.2 Å². The van der Waals surface area contributed by atoms with Crippen LogP contribution in [0.2, 0.25) is 0 Å². The molecule has 1 aromatic rings. The number of nitrogens with zero attached hydrogens (tertiary/aromatic N) is 1. The van der Waals surface area contributed by atoms with Crippen molar-refractivity contribution >= 4 is 24.8 Å². The van der Waals surface area contributed by atoms with Gasteiger partial charge in [-0.3, -0.25) is 5.10 Å². The molecule has 1 atom stereocenters. The van der Waals surface area contributed by atoms with Crippen LogP contribution in [0, 0.1) is 0 Å². The second-order valence-corrected chi connectivity index (χ2v) is 1.77. The van der Waals surface area contributed by atoms with E-state index in [1.807, 2.05) is 6.07 Å². The van der Waals surface area contributed by atoms with Gasteiger partial charge in [0.25, 0.3) is 0 Å². The zero-order chi connectivity index (χ0) is 6.69. The highest BCUT2D eigenvalue weighted by Gasteiger charge is 1.98. The maximum Gasteiger partial charge on any atom is 0.0647 e. The molecule has 1 heterocycles. The van der Waals surface area contributed by atoms with Gasteiger partial charge in [-0.05, 0) is 6.07 Å². The second kappa shape index (κ2) is 6.22. The van der Waals surface area contributed by atoms with Crippen molar-refractivity contribution in [2.45, 2.75) is 6.04 Å². The summed E-state index contributed by atoms with van der Waals surface area (Å²) in [7, 11) is 0. The highest BCUT2D eigenvalue weighted by Crippen LogP contribution is 2.04. The third-order valence-electron chi connectivity index (χ3n) is 1.14. The smallest absolute Gasteiger partial charge is 0.0647 e. The second-order valence-electron chi connectivity index (χ2n) is 1.77. The molecule has 0 amide bonds. The largest absolute Gasteiger partial charge is 0.320 e. The molecule has 5 heteroatoms. The topological polar surface area (TPSA) is 54.7 Å². The Hall–Kier alpha value is -0.510. The molecule has 0 spiro atoms. The monoisotopic (exact) mass is 195 g/mol. The van der Waals surface area contributed by atoms with Crippen molar-refractivity contribution < 1.29 is 0 Å². The molecule has 0 radical (unpaired) electrons. The van der Waals surface area contributed by atoms with E-state index in [2.05, 4.69) is 16.8 Å². The Kier molecular flexibility index (Phi) is 7.41. The number of H-pyrrole nitrogens is 1. The van der Waals surface area contributed by atoms with Gasteiger partial charge in [-0.1, -0.05) is 6.08 Å². The molecule has 0 saturated carbocycles. The Labute approximate surface area is 77.9 Å². The van der Waals surface area contributed by atoms with Gasteiger partial charge in [0.05, 0.1) is 11.7 Å². The lowest BCUT2D eigenvalue weighted by Gasteiger charge is -1.98. The summed E-state index contributed by atoms with van der Waals surface area (Å²) in [6, 6.07) is 1.71. The van der Waals surface area contributed by atoms with Crippen molar-refractivity contribution in [2.24, 2.45) is 5.73 Å². The van der Waals surface area contributed by atoms with Crippen molar-refractivity contribution in [3.8, 4) is 0 Å². The Bertz CT molecular complexity index is 186. The van der Waals surface area contributed by atoms with Crippen molar-refractivity contribution in [1.82, 2.24) is 10.2 Å². The van der Waals surface area contributed by atoms with E-state index in [9.17, 15) is 0 Å². The fraction of sp³-hybridized carbons (Fsp3) is 0.167. The van der Waals surface area contributed by atoms with Crippen LogP contribution in [0.15, 0.2) is 24.9 Å². The zero-order valence-electron chi connectivity index (χ0n) is 5.86. The molecule has 0 fully saturated rings. The fourth-order valence-electron chi connectivity index (χ4n) is 0.579. The Morgan fingerprint density at radius 2 is 2.27 bits per heavy atom. The molecule has 3 nitrogen and oxygen atoms in total. The molecule has 1 rings (SSSR count). The van der Waals surface area contributed by atoms with Crippen LogP contribution in [0.25, 0.3) is 0 Å². The first-order valence-corrected chi connectivity index (χ1v) is 2.72. The van der Waals surface area contributed by atoms with Crippen LogP contribution in [0.4, 0.5) is 0 Å². The number of hydrogen-bond donors (Lipinski definition) is 2. The molecular formula is C6H11Cl2N3. The summed E-state index contributed by atoms with van der Waals surface area (Å²) in [4.78, 5) is 0. The van der Waals surface area contributed by atoms with Gasteiger partial charge in [0, 0.05) is 6.20 Å². The van der Waals surface area contributed by atoms with Gasteiger partial charge >= 0.3 is 0 Å². The molecule has 0 aliphatic heterocycles. The predicted octanol–water partition coefficient (Wildman–Crippen LogP) is 1.44. The lowest BCUT2D eigenvalue weighted by atomic mass is 10.2. The maximum atomic E-state index is 5.55. The molecule has 1 unspecified atom stereocenters. The number of aromatic amines is 1. The number of hydrogen-bond acceptors (Lipinski definition) is 2. The maximum absolute atomic E-state index is 5.55. The van der Waals surface area contributed by atoms with E-state index in [4.69, 9.17) is 5.73 Å². The molecule has 0 aromatic carbocycles. The lowest BCUT2D eigenvalue weighted by molar-refractivity contribution is 0.847. The van der Waals surface area contributed by atoms with E-state index in [1.54, 1.807) is 12.3 Å².